The first-order valence-corrected chi connectivity index (χ1v) is 12.6. The molecule has 0 spiro atoms. The van der Waals surface area contributed by atoms with Crippen LogP contribution in [0.25, 0.3) is 5.76 Å². The van der Waals surface area contributed by atoms with E-state index in [1.807, 2.05) is 68.4 Å². The summed E-state index contributed by atoms with van der Waals surface area (Å²) in [7, 11) is 0. The Bertz CT molecular complexity index is 1390. The van der Waals surface area contributed by atoms with Crippen molar-refractivity contribution >= 4 is 23.1 Å². The van der Waals surface area contributed by atoms with Gasteiger partial charge in [-0.25, -0.2) is 0 Å². The molecule has 6 heteroatoms. The second kappa shape index (κ2) is 9.77. The minimum Gasteiger partial charge on any atom is -0.507 e. The van der Waals surface area contributed by atoms with Crippen molar-refractivity contribution in [3.63, 3.8) is 0 Å². The Balaban J connectivity index is 1.65. The summed E-state index contributed by atoms with van der Waals surface area (Å²) in [5.41, 5.74) is 3.80. The SMILES string of the molecule is Cc1ccc(N2C(=O)C(=O)/C(=C(\O)c3ccc4c(c3)CC(C)O4)C2c2cccc(OCC(C)C)c2)cc1. The topological polar surface area (TPSA) is 76.1 Å². The molecule has 0 aliphatic carbocycles. The Morgan fingerprint density at radius 3 is 2.57 bits per heavy atom. The fourth-order valence-corrected chi connectivity index (χ4v) is 4.88. The van der Waals surface area contributed by atoms with Crippen molar-refractivity contribution in [2.24, 2.45) is 5.92 Å². The van der Waals surface area contributed by atoms with Gasteiger partial charge in [0.15, 0.2) is 0 Å². The van der Waals surface area contributed by atoms with Gasteiger partial charge in [-0.05, 0) is 73.4 Å². The Hall–Kier alpha value is -4.06. The number of Topliss-reactive ketones (excluding diaryl/α,β-unsaturated/α-hetero) is 1. The molecule has 190 valence electrons. The van der Waals surface area contributed by atoms with Crippen molar-refractivity contribution in [3.8, 4) is 11.5 Å². The minimum absolute atomic E-state index is 0.0492. The van der Waals surface area contributed by atoms with Crippen LogP contribution >= 0.6 is 0 Å². The van der Waals surface area contributed by atoms with E-state index < -0.39 is 17.7 Å². The molecule has 3 aromatic rings. The van der Waals surface area contributed by atoms with Gasteiger partial charge in [-0.3, -0.25) is 14.5 Å². The fourth-order valence-electron chi connectivity index (χ4n) is 4.88. The highest BCUT2D eigenvalue weighted by molar-refractivity contribution is 6.51. The van der Waals surface area contributed by atoms with E-state index in [1.165, 1.54) is 4.90 Å². The summed E-state index contributed by atoms with van der Waals surface area (Å²) in [6.07, 6.45) is 0.764. The van der Waals surface area contributed by atoms with Crippen LogP contribution < -0.4 is 14.4 Å². The normalized spacial score (nSPS) is 20.3. The summed E-state index contributed by atoms with van der Waals surface area (Å²) >= 11 is 0. The quantitative estimate of drug-likeness (QED) is 0.258. The largest absolute Gasteiger partial charge is 0.507 e. The van der Waals surface area contributed by atoms with Gasteiger partial charge in [0.25, 0.3) is 11.7 Å². The number of carbonyl (C=O) groups is 2. The third kappa shape index (κ3) is 4.71. The predicted molar refractivity (Wildman–Crippen MR) is 143 cm³/mol. The van der Waals surface area contributed by atoms with Gasteiger partial charge < -0.3 is 14.6 Å². The minimum atomic E-state index is -0.811. The third-order valence-electron chi connectivity index (χ3n) is 6.68. The number of ether oxygens (including phenoxy) is 2. The van der Waals surface area contributed by atoms with Crippen LogP contribution in [-0.2, 0) is 16.0 Å². The Morgan fingerprint density at radius 2 is 1.84 bits per heavy atom. The molecule has 1 amide bonds. The van der Waals surface area contributed by atoms with Crippen molar-refractivity contribution in [3.05, 3.63) is 94.6 Å². The molecule has 1 N–H and O–H groups in total. The summed E-state index contributed by atoms with van der Waals surface area (Å²) in [5, 5.41) is 11.5. The van der Waals surface area contributed by atoms with Crippen LogP contribution in [0.1, 0.15) is 49.1 Å². The smallest absolute Gasteiger partial charge is 0.300 e. The molecule has 0 radical (unpaired) electrons. The molecule has 1 fully saturated rings. The lowest BCUT2D eigenvalue weighted by Crippen LogP contribution is -2.29. The van der Waals surface area contributed by atoms with E-state index in [9.17, 15) is 14.7 Å². The van der Waals surface area contributed by atoms with Crippen LogP contribution in [0.2, 0.25) is 0 Å². The number of ketones is 1. The molecular formula is C31H31NO5. The maximum absolute atomic E-state index is 13.5. The van der Waals surface area contributed by atoms with Gasteiger partial charge in [-0.1, -0.05) is 43.7 Å². The number of nitrogens with zero attached hydrogens (tertiary/aromatic N) is 1. The number of rotatable bonds is 6. The van der Waals surface area contributed by atoms with E-state index in [0.717, 1.165) is 16.9 Å². The van der Waals surface area contributed by atoms with Gasteiger partial charge in [0.1, 0.15) is 23.4 Å². The lowest BCUT2D eigenvalue weighted by molar-refractivity contribution is -0.132. The van der Waals surface area contributed by atoms with Crippen molar-refractivity contribution in [2.45, 2.75) is 46.3 Å². The zero-order valence-electron chi connectivity index (χ0n) is 21.5. The van der Waals surface area contributed by atoms with Crippen molar-refractivity contribution in [2.75, 3.05) is 11.5 Å². The van der Waals surface area contributed by atoms with Crippen molar-refractivity contribution in [1.82, 2.24) is 0 Å². The summed E-state index contributed by atoms with van der Waals surface area (Å²) in [4.78, 5) is 28.4. The number of amides is 1. The number of hydrogen-bond donors (Lipinski definition) is 1. The third-order valence-corrected chi connectivity index (χ3v) is 6.68. The standard InChI is InChI=1S/C31H31NO5/c1-18(2)17-36-25-7-5-6-21(16-25)28-27(29(33)22-10-13-26-23(15-22)14-20(4)37-26)30(34)31(35)32(28)24-11-8-19(3)9-12-24/h5-13,15-16,18,20,28,33H,14,17H2,1-4H3/b29-27-. The van der Waals surface area contributed by atoms with E-state index in [1.54, 1.807) is 12.1 Å². The summed E-state index contributed by atoms with van der Waals surface area (Å²) < 4.78 is 11.7. The van der Waals surface area contributed by atoms with Gasteiger partial charge in [0.2, 0.25) is 0 Å². The maximum Gasteiger partial charge on any atom is 0.300 e. The van der Waals surface area contributed by atoms with E-state index in [0.29, 0.717) is 41.5 Å². The van der Waals surface area contributed by atoms with Crippen molar-refractivity contribution in [1.29, 1.82) is 0 Å². The molecule has 0 bridgehead atoms. The zero-order valence-corrected chi connectivity index (χ0v) is 21.5. The number of fused-ring (bicyclic) bond motifs is 1. The molecule has 0 saturated carbocycles. The maximum atomic E-state index is 13.5. The first-order valence-electron chi connectivity index (χ1n) is 12.6. The number of carbonyl (C=O) groups excluding carboxylic acids is 2. The number of aliphatic hydroxyl groups is 1. The number of hydrogen-bond acceptors (Lipinski definition) is 5. The average molecular weight is 498 g/mol. The van der Waals surface area contributed by atoms with Crippen LogP contribution in [0.15, 0.2) is 72.3 Å². The summed E-state index contributed by atoms with van der Waals surface area (Å²) in [5.74, 6) is 0.158. The molecule has 3 aromatic carbocycles. The molecule has 5 rings (SSSR count). The van der Waals surface area contributed by atoms with Crippen LogP contribution in [0.3, 0.4) is 0 Å². The molecule has 1 saturated heterocycles. The molecule has 0 aromatic heterocycles. The first-order chi connectivity index (χ1) is 17.7. The molecule has 2 unspecified atom stereocenters. The molecule has 2 aliphatic rings. The highest BCUT2D eigenvalue weighted by atomic mass is 16.5. The highest BCUT2D eigenvalue weighted by Gasteiger charge is 2.47. The van der Waals surface area contributed by atoms with Crippen LogP contribution in [-0.4, -0.2) is 29.5 Å². The lowest BCUT2D eigenvalue weighted by atomic mass is 9.94. The van der Waals surface area contributed by atoms with E-state index >= 15 is 0 Å². The second-order valence-electron chi connectivity index (χ2n) is 10.2. The average Bonchev–Trinajstić information content (AvgIpc) is 3.38. The van der Waals surface area contributed by atoms with Gasteiger partial charge in [0.05, 0.1) is 18.2 Å². The molecule has 2 aliphatic heterocycles. The number of aryl methyl sites for hydroxylation is 1. The zero-order chi connectivity index (χ0) is 26.3. The second-order valence-corrected chi connectivity index (χ2v) is 10.2. The molecule has 37 heavy (non-hydrogen) atoms. The highest BCUT2D eigenvalue weighted by Crippen LogP contribution is 2.43. The number of benzene rings is 3. The molecule has 2 heterocycles. The Kier molecular flexibility index (Phi) is 6.50. The number of anilines is 1. The lowest BCUT2D eigenvalue weighted by Gasteiger charge is -2.26. The predicted octanol–water partition coefficient (Wildman–Crippen LogP) is 5.98. The number of aliphatic hydroxyl groups excluding tert-OH is 1. The Morgan fingerprint density at radius 1 is 1.08 bits per heavy atom. The Labute approximate surface area is 217 Å². The summed E-state index contributed by atoms with van der Waals surface area (Å²) in [6.45, 7) is 8.62. The monoisotopic (exact) mass is 497 g/mol. The van der Waals surface area contributed by atoms with Gasteiger partial charge in [-0.2, -0.15) is 0 Å². The van der Waals surface area contributed by atoms with Crippen LogP contribution in [0, 0.1) is 12.8 Å². The molecule has 6 nitrogen and oxygen atoms in total. The van der Waals surface area contributed by atoms with Gasteiger partial charge in [-0.15, -0.1) is 0 Å². The van der Waals surface area contributed by atoms with Crippen LogP contribution in [0.4, 0.5) is 5.69 Å². The first kappa shape index (κ1) is 24.6. The van der Waals surface area contributed by atoms with Crippen LogP contribution in [0.5, 0.6) is 11.5 Å². The van der Waals surface area contributed by atoms with E-state index in [-0.39, 0.29) is 17.4 Å². The summed E-state index contributed by atoms with van der Waals surface area (Å²) in [6, 6.07) is 19.4. The van der Waals surface area contributed by atoms with Gasteiger partial charge >= 0.3 is 0 Å². The van der Waals surface area contributed by atoms with Gasteiger partial charge in [0, 0.05) is 17.7 Å². The molecular weight excluding hydrogens is 466 g/mol. The fraction of sp³-hybridized carbons (Fsp3) is 0.290. The van der Waals surface area contributed by atoms with Crippen molar-refractivity contribution < 1.29 is 24.2 Å². The van der Waals surface area contributed by atoms with E-state index in [4.69, 9.17) is 9.47 Å². The molecule has 2 atom stereocenters. The van der Waals surface area contributed by atoms with E-state index in [2.05, 4.69) is 13.8 Å².